The summed E-state index contributed by atoms with van der Waals surface area (Å²) >= 11 is 0. The largest absolute Gasteiger partial charge is 0.354 e. The molecular weight excluding hydrogens is 394 g/mol. The lowest BCUT2D eigenvalue weighted by Crippen LogP contribution is -2.51. The quantitative estimate of drug-likeness (QED) is 0.479. The van der Waals surface area contributed by atoms with Crippen LogP contribution >= 0.6 is 0 Å². The van der Waals surface area contributed by atoms with Gasteiger partial charge in [-0.2, -0.15) is 0 Å². The molecule has 0 radical (unpaired) electrons. The predicted octanol–water partition coefficient (Wildman–Crippen LogP) is 2.17. The number of hydrogen-bond donors (Lipinski definition) is 2. The van der Waals surface area contributed by atoms with Gasteiger partial charge < -0.3 is 10.6 Å². The van der Waals surface area contributed by atoms with E-state index in [-0.39, 0.29) is 31.3 Å². The number of nitrogens with zero attached hydrogens (tertiary/aromatic N) is 1. The zero-order valence-corrected chi connectivity index (χ0v) is 17.8. The molecule has 1 atom stereocenters. The fraction of sp³-hybridized carbons (Fsp3) is 0.333. The van der Waals surface area contributed by atoms with Crippen molar-refractivity contribution in [2.24, 2.45) is 5.92 Å². The Morgan fingerprint density at radius 1 is 0.839 bits per heavy atom. The zero-order valence-electron chi connectivity index (χ0n) is 17.8. The average Bonchev–Trinajstić information content (AvgIpc) is 3.00. The van der Waals surface area contributed by atoms with Crippen molar-refractivity contribution in [1.82, 2.24) is 15.5 Å². The topological polar surface area (TPSA) is 95.6 Å². The van der Waals surface area contributed by atoms with Crippen LogP contribution < -0.4 is 10.6 Å². The summed E-state index contributed by atoms with van der Waals surface area (Å²) in [5, 5.41) is 5.52. The number of hydrogen-bond acceptors (Lipinski definition) is 4. The van der Waals surface area contributed by atoms with Crippen LogP contribution in [0.2, 0.25) is 0 Å². The minimum absolute atomic E-state index is 0.102. The number of carbonyl (C=O) groups excluding carboxylic acids is 4. The summed E-state index contributed by atoms with van der Waals surface area (Å²) in [4.78, 5) is 51.6. The Kier molecular flexibility index (Phi) is 7.18. The normalized spacial score (nSPS) is 13.8. The van der Waals surface area contributed by atoms with Gasteiger partial charge in [0.05, 0.1) is 17.5 Å². The van der Waals surface area contributed by atoms with E-state index in [2.05, 4.69) is 10.6 Å². The van der Waals surface area contributed by atoms with Gasteiger partial charge in [-0.1, -0.05) is 56.3 Å². The summed E-state index contributed by atoms with van der Waals surface area (Å²) in [6.45, 7) is 4.33. The van der Waals surface area contributed by atoms with Crippen LogP contribution in [0.4, 0.5) is 0 Å². The smallest absolute Gasteiger partial charge is 0.262 e. The molecule has 0 fully saturated rings. The minimum Gasteiger partial charge on any atom is -0.354 e. The highest BCUT2D eigenvalue weighted by molar-refractivity contribution is 6.22. The number of benzene rings is 2. The van der Waals surface area contributed by atoms with Crippen LogP contribution in [0.3, 0.4) is 0 Å². The fourth-order valence-corrected chi connectivity index (χ4v) is 3.62. The number of nitrogens with one attached hydrogen (secondary N) is 2. The first-order chi connectivity index (χ1) is 14.9. The van der Waals surface area contributed by atoms with Gasteiger partial charge in [-0.3, -0.25) is 24.1 Å². The molecule has 0 aromatic heterocycles. The Morgan fingerprint density at radius 2 is 1.39 bits per heavy atom. The second-order valence-electron chi connectivity index (χ2n) is 7.97. The summed E-state index contributed by atoms with van der Waals surface area (Å²) in [7, 11) is 0. The summed E-state index contributed by atoms with van der Waals surface area (Å²) in [5.41, 5.74) is 1.55. The highest BCUT2D eigenvalue weighted by Crippen LogP contribution is 2.26. The van der Waals surface area contributed by atoms with Gasteiger partial charge in [0.15, 0.2) is 0 Å². The molecule has 3 rings (SSSR count). The molecule has 1 aliphatic rings. The molecule has 0 saturated carbocycles. The zero-order chi connectivity index (χ0) is 22.4. The van der Waals surface area contributed by atoms with E-state index in [9.17, 15) is 19.2 Å². The van der Waals surface area contributed by atoms with Crippen molar-refractivity contribution >= 4 is 23.6 Å². The lowest BCUT2D eigenvalue weighted by Gasteiger charge is -2.26. The van der Waals surface area contributed by atoms with Gasteiger partial charge >= 0.3 is 0 Å². The fourth-order valence-electron chi connectivity index (χ4n) is 3.62. The Morgan fingerprint density at radius 3 is 1.97 bits per heavy atom. The molecule has 7 nitrogen and oxygen atoms in total. The van der Waals surface area contributed by atoms with Crippen LogP contribution in [-0.2, 0) is 16.0 Å². The SMILES string of the molecule is CC(C)CC(C(=O)NCCNC(=O)Cc1ccccc1)N1C(=O)c2ccccc2C1=O. The summed E-state index contributed by atoms with van der Waals surface area (Å²) in [6.07, 6.45) is 0.622. The van der Waals surface area contributed by atoms with Gasteiger partial charge in [-0.25, -0.2) is 0 Å². The third kappa shape index (κ3) is 5.36. The predicted molar refractivity (Wildman–Crippen MR) is 116 cm³/mol. The Balaban J connectivity index is 1.56. The second-order valence-corrected chi connectivity index (χ2v) is 7.97. The van der Waals surface area contributed by atoms with Crippen LogP contribution in [-0.4, -0.2) is 47.7 Å². The van der Waals surface area contributed by atoms with Crippen LogP contribution in [0.1, 0.15) is 46.5 Å². The van der Waals surface area contributed by atoms with Crippen LogP contribution in [0.15, 0.2) is 54.6 Å². The van der Waals surface area contributed by atoms with Gasteiger partial charge in [0.25, 0.3) is 11.8 Å². The Hall–Kier alpha value is -3.48. The lowest BCUT2D eigenvalue weighted by molar-refractivity contribution is -0.126. The van der Waals surface area contributed by atoms with E-state index in [1.807, 2.05) is 44.2 Å². The number of amides is 4. The molecule has 0 spiro atoms. The third-order valence-corrected chi connectivity index (χ3v) is 5.09. The Labute approximate surface area is 181 Å². The van der Waals surface area contributed by atoms with E-state index < -0.39 is 23.8 Å². The van der Waals surface area contributed by atoms with Crippen molar-refractivity contribution in [2.45, 2.75) is 32.7 Å². The molecule has 7 heteroatoms. The van der Waals surface area contributed by atoms with E-state index in [4.69, 9.17) is 0 Å². The minimum atomic E-state index is -0.896. The molecule has 0 aliphatic carbocycles. The maximum absolute atomic E-state index is 12.9. The van der Waals surface area contributed by atoms with Crippen LogP contribution in [0.25, 0.3) is 0 Å². The van der Waals surface area contributed by atoms with Crippen molar-refractivity contribution in [1.29, 1.82) is 0 Å². The van der Waals surface area contributed by atoms with E-state index in [1.165, 1.54) is 0 Å². The van der Waals surface area contributed by atoms with E-state index in [0.29, 0.717) is 17.5 Å². The number of fused-ring (bicyclic) bond motifs is 1. The third-order valence-electron chi connectivity index (χ3n) is 5.09. The van der Waals surface area contributed by atoms with Crippen molar-refractivity contribution in [2.75, 3.05) is 13.1 Å². The van der Waals surface area contributed by atoms with Gasteiger partial charge in [-0.05, 0) is 30.0 Å². The monoisotopic (exact) mass is 421 g/mol. The molecule has 1 heterocycles. The molecule has 162 valence electrons. The molecule has 31 heavy (non-hydrogen) atoms. The molecule has 0 bridgehead atoms. The second kappa shape index (κ2) is 10.0. The Bertz CT molecular complexity index is 937. The standard InChI is InChI=1S/C24H27N3O4/c1-16(2)14-20(27-23(30)18-10-6-7-11-19(18)24(27)31)22(29)26-13-12-25-21(28)15-17-8-4-3-5-9-17/h3-11,16,20H,12-15H2,1-2H3,(H,25,28)(H,26,29). The first-order valence-electron chi connectivity index (χ1n) is 10.4. The van der Waals surface area contributed by atoms with Gasteiger partial charge in [-0.15, -0.1) is 0 Å². The van der Waals surface area contributed by atoms with E-state index in [1.54, 1.807) is 24.3 Å². The number of imide groups is 1. The van der Waals surface area contributed by atoms with Crippen molar-refractivity contribution < 1.29 is 19.2 Å². The van der Waals surface area contributed by atoms with Gasteiger partial charge in [0, 0.05) is 13.1 Å². The van der Waals surface area contributed by atoms with Crippen molar-refractivity contribution in [3.63, 3.8) is 0 Å². The van der Waals surface area contributed by atoms with Gasteiger partial charge in [0.2, 0.25) is 11.8 Å². The molecule has 2 aromatic carbocycles. The first kappa shape index (κ1) is 22.2. The highest BCUT2D eigenvalue weighted by atomic mass is 16.2. The summed E-state index contributed by atoms with van der Waals surface area (Å²) < 4.78 is 0. The highest BCUT2D eigenvalue weighted by Gasteiger charge is 2.42. The van der Waals surface area contributed by atoms with E-state index in [0.717, 1.165) is 10.5 Å². The first-order valence-corrected chi connectivity index (χ1v) is 10.4. The molecule has 1 aliphatic heterocycles. The average molecular weight is 421 g/mol. The molecule has 2 N–H and O–H groups in total. The van der Waals surface area contributed by atoms with Gasteiger partial charge in [0.1, 0.15) is 6.04 Å². The maximum Gasteiger partial charge on any atom is 0.262 e. The van der Waals surface area contributed by atoms with Crippen LogP contribution in [0, 0.1) is 5.92 Å². The number of carbonyl (C=O) groups is 4. The maximum atomic E-state index is 12.9. The molecule has 2 aromatic rings. The molecular formula is C24H27N3O4. The van der Waals surface area contributed by atoms with Crippen LogP contribution in [0.5, 0.6) is 0 Å². The van der Waals surface area contributed by atoms with E-state index >= 15 is 0 Å². The lowest BCUT2D eigenvalue weighted by atomic mass is 10.0. The summed E-state index contributed by atoms with van der Waals surface area (Å²) in [5.74, 6) is -1.33. The summed E-state index contributed by atoms with van der Waals surface area (Å²) in [6, 6.07) is 15.1. The molecule has 4 amide bonds. The number of rotatable bonds is 9. The van der Waals surface area contributed by atoms with Crippen molar-refractivity contribution in [3.05, 3.63) is 71.3 Å². The molecule has 1 unspecified atom stereocenters. The van der Waals surface area contributed by atoms with Crippen molar-refractivity contribution in [3.8, 4) is 0 Å². The molecule has 0 saturated heterocycles.